The molecule has 0 bridgehead atoms. The summed E-state index contributed by atoms with van der Waals surface area (Å²) in [4.78, 5) is 22.3. The molecule has 0 fully saturated rings. The van der Waals surface area contributed by atoms with Crippen molar-refractivity contribution in [3.05, 3.63) is 36.5 Å². The van der Waals surface area contributed by atoms with Crippen LogP contribution in [0.1, 0.15) is 26.7 Å². The molecule has 0 saturated heterocycles. The van der Waals surface area contributed by atoms with Crippen molar-refractivity contribution in [3.8, 4) is 0 Å². The zero-order valence-electron chi connectivity index (χ0n) is 10.8. The largest absolute Gasteiger partial charge is 0.466 e. The Bertz CT molecular complexity index is 338. The second-order valence-electron chi connectivity index (χ2n) is 3.64. The normalized spacial score (nSPS) is 13.5. The number of carbonyl (C=O) groups excluding carboxylic acids is 2. The first-order valence-corrected chi connectivity index (χ1v) is 5.94. The second kappa shape index (κ2) is 10.5. The van der Waals surface area contributed by atoms with E-state index in [0.29, 0.717) is 6.61 Å². The highest BCUT2D eigenvalue weighted by atomic mass is 16.5. The maximum Gasteiger partial charge on any atom is 0.306 e. The fourth-order valence-corrected chi connectivity index (χ4v) is 1.06. The smallest absolute Gasteiger partial charge is 0.306 e. The Morgan fingerprint density at radius 1 is 1.17 bits per heavy atom. The van der Waals surface area contributed by atoms with E-state index in [1.165, 1.54) is 6.08 Å². The molecule has 0 radical (unpaired) electrons. The van der Waals surface area contributed by atoms with Crippen molar-refractivity contribution in [2.45, 2.75) is 32.8 Å². The van der Waals surface area contributed by atoms with Gasteiger partial charge in [-0.2, -0.15) is 0 Å². The van der Waals surface area contributed by atoms with Crippen LogP contribution in [-0.4, -0.2) is 29.6 Å². The van der Waals surface area contributed by atoms with Crippen LogP contribution in [0.3, 0.4) is 0 Å². The Morgan fingerprint density at radius 2 is 1.83 bits per heavy atom. The van der Waals surface area contributed by atoms with Crippen LogP contribution in [0.2, 0.25) is 0 Å². The molecule has 0 aliphatic rings. The summed E-state index contributed by atoms with van der Waals surface area (Å²) in [6.45, 7) is 3.71. The topological polar surface area (TPSA) is 63.6 Å². The van der Waals surface area contributed by atoms with Crippen molar-refractivity contribution < 1.29 is 19.4 Å². The third-order valence-corrected chi connectivity index (χ3v) is 1.89. The first-order chi connectivity index (χ1) is 8.56. The molecular weight excluding hydrogens is 232 g/mol. The van der Waals surface area contributed by atoms with Crippen molar-refractivity contribution in [1.82, 2.24) is 0 Å². The minimum atomic E-state index is -0.482. The van der Waals surface area contributed by atoms with Gasteiger partial charge < -0.3 is 9.84 Å². The molecule has 0 amide bonds. The standard InChI is InChI=1S/C14H20O4/c1-3-18-14(17)11-10-13(16)9-7-5-4-6-8-12(2)15/h4-9,12,15H,3,10-11H2,1-2H3. The molecule has 18 heavy (non-hydrogen) atoms. The molecule has 0 rings (SSSR count). The number of esters is 1. The Kier molecular flexibility index (Phi) is 9.50. The number of rotatable bonds is 8. The first kappa shape index (κ1) is 16.3. The average Bonchev–Trinajstić information content (AvgIpc) is 2.31. The predicted molar refractivity (Wildman–Crippen MR) is 70.0 cm³/mol. The number of ether oxygens (including phenoxy) is 1. The van der Waals surface area contributed by atoms with Gasteiger partial charge in [0.2, 0.25) is 0 Å². The summed E-state index contributed by atoms with van der Waals surface area (Å²) in [6.07, 6.45) is 9.50. The maximum atomic E-state index is 11.3. The lowest BCUT2D eigenvalue weighted by Gasteiger charge is -1.98. The molecular formula is C14H20O4. The number of aliphatic hydroxyl groups excluding tert-OH is 1. The molecule has 1 N–H and O–H groups in total. The minimum Gasteiger partial charge on any atom is -0.466 e. The fourth-order valence-electron chi connectivity index (χ4n) is 1.06. The average molecular weight is 252 g/mol. The van der Waals surface area contributed by atoms with Crippen LogP contribution in [0.15, 0.2) is 36.5 Å². The maximum absolute atomic E-state index is 11.3. The lowest BCUT2D eigenvalue weighted by atomic mass is 10.2. The Balaban J connectivity index is 3.84. The third kappa shape index (κ3) is 10.8. The van der Waals surface area contributed by atoms with Gasteiger partial charge in [-0.05, 0) is 19.9 Å². The van der Waals surface area contributed by atoms with Crippen molar-refractivity contribution in [3.63, 3.8) is 0 Å². The molecule has 0 heterocycles. The van der Waals surface area contributed by atoms with Crippen LogP contribution in [0, 0.1) is 0 Å². The number of hydrogen-bond donors (Lipinski definition) is 1. The summed E-state index contributed by atoms with van der Waals surface area (Å²) in [5.41, 5.74) is 0. The monoisotopic (exact) mass is 252 g/mol. The quantitative estimate of drug-likeness (QED) is 0.407. The van der Waals surface area contributed by atoms with Gasteiger partial charge in [0.25, 0.3) is 0 Å². The second-order valence-corrected chi connectivity index (χ2v) is 3.64. The highest BCUT2D eigenvalue weighted by Gasteiger charge is 2.04. The van der Waals surface area contributed by atoms with Gasteiger partial charge >= 0.3 is 5.97 Å². The number of ketones is 1. The number of aliphatic hydroxyl groups is 1. The van der Waals surface area contributed by atoms with Gasteiger partial charge in [0.1, 0.15) is 0 Å². The molecule has 0 aromatic rings. The SMILES string of the molecule is CCOC(=O)CCC(=O)C=CC=CC=CC(C)O. The van der Waals surface area contributed by atoms with E-state index in [9.17, 15) is 9.59 Å². The van der Waals surface area contributed by atoms with Gasteiger partial charge in [0, 0.05) is 6.42 Å². The van der Waals surface area contributed by atoms with Crippen LogP contribution >= 0.6 is 0 Å². The van der Waals surface area contributed by atoms with Crippen molar-refractivity contribution >= 4 is 11.8 Å². The number of hydrogen-bond acceptors (Lipinski definition) is 4. The summed E-state index contributed by atoms with van der Waals surface area (Å²) >= 11 is 0. The van der Waals surface area contributed by atoms with Gasteiger partial charge in [0.05, 0.1) is 19.1 Å². The van der Waals surface area contributed by atoms with E-state index in [1.54, 1.807) is 44.2 Å². The molecule has 0 spiro atoms. The molecule has 1 unspecified atom stereocenters. The van der Waals surface area contributed by atoms with Gasteiger partial charge in [-0.25, -0.2) is 0 Å². The zero-order valence-corrected chi connectivity index (χ0v) is 10.8. The lowest BCUT2D eigenvalue weighted by Crippen LogP contribution is -2.06. The molecule has 1 atom stereocenters. The van der Waals surface area contributed by atoms with Crippen LogP contribution in [0.5, 0.6) is 0 Å². The van der Waals surface area contributed by atoms with Crippen LogP contribution in [0.4, 0.5) is 0 Å². The van der Waals surface area contributed by atoms with E-state index in [4.69, 9.17) is 9.84 Å². The van der Waals surface area contributed by atoms with Gasteiger partial charge in [-0.15, -0.1) is 0 Å². The van der Waals surface area contributed by atoms with Gasteiger partial charge in [-0.1, -0.05) is 30.4 Å². The van der Waals surface area contributed by atoms with Gasteiger partial charge in [0.15, 0.2) is 5.78 Å². The lowest BCUT2D eigenvalue weighted by molar-refractivity contribution is -0.144. The van der Waals surface area contributed by atoms with E-state index in [-0.39, 0.29) is 24.6 Å². The van der Waals surface area contributed by atoms with E-state index in [0.717, 1.165) is 0 Å². The Hall–Kier alpha value is -1.68. The zero-order chi connectivity index (χ0) is 13.8. The van der Waals surface area contributed by atoms with Gasteiger partial charge in [-0.3, -0.25) is 9.59 Å². The fraction of sp³-hybridized carbons (Fsp3) is 0.429. The minimum absolute atomic E-state index is 0.114. The summed E-state index contributed by atoms with van der Waals surface area (Å²) in [5, 5.41) is 8.93. The highest BCUT2D eigenvalue weighted by molar-refractivity contribution is 5.91. The van der Waals surface area contributed by atoms with E-state index in [1.807, 2.05) is 0 Å². The molecule has 0 aromatic carbocycles. The van der Waals surface area contributed by atoms with Crippen LogP contribution in [-0.2, 0) is 14.3 Å². The van der Waals surface area contributed by atoms with E-state index < -0.39 is 6.10 Å². The van der Waals surface area contributed by atoms with E-state index in [2.05, 4.69) is 0 Å². The third-order valence-electron chi connectivity index (χ3n) is 1.89. The predicted octanol–water partition coefficient (Wildman–Crippen LogP) is 1.95. The summed E-state index contributed by atoms with van der Waals surface area (Å²) in [7, 11) is 0. The van der Waals surface area contributed by atoms with Crippen LogP contribution < -0.4 is 0 Å². The van der Waals surface area contributed by atoms with Crippen LogP contribution in [0.25, 0.3) is 0 Å². The molecule has 4 heteroatoms. The summed E-state index contributed by atoms with van der Waals surface area (Å²) in [5.74, 6) is -0.470. The Labute approximate surface area is 108 Å². The number of carbonyl (C=O) groups is 2. The molecule has 0 aliphatic carbocycles. The summed E-state index contributed by atoms with van der Waals surface area (Å²) < 4.78 is 4.71. The Morgan fingerprint density at radius 3 is 2.44 bits per heavy atom. The van der Waals surface area contributed by atoms with Crippen molar-refractivity contribution in [1.29, 1.82) is 0 Å². The highest BCUT2D eigenvalue weighted by Crippen LogP contribution is 1.96. The number of allylic oxidation sites excluding steroid dienone is 5. The summed E-state index contributed by atoms with van der Waals surface area (Å²) in [6, 6.07) is 0. The van der Waals surface area contributed by atoms with Crippen molar-refractivity contribution in [2.24, 2.45) is 0 Å². The molecule has 100 valence electrons. The van der Waals surface area contributed by atoms with E-state index >= 15 is 0 Å². The van der Waals surface area contributed by atoms with Crippen molar-refractivity contribution in [2.75, 3.05) is 6.61 Å². The first-order valence-electron chi connectivity index (χ1n) is 5.94. The molecule has 4 nitrogen and oxygen atoms in total. The molecule has 0 aliphatic heterocycles. The molecule has 0 saturated carbocycles. The molecule has 0 aromatic heterocycles.